The van der Waals surface area contributed by atoms with Crippen LogP contribution in [0.5, 0.6) is 11.5 Å². The van der Waals surface area contributed by atoms with Crippen LogP contribution in [0.1, 0.15) is 74.7 Å². The smallest absolute Gasteiger partial charge is 0.164 e. The topological polar surface area (TPSA) is 101 Å². The predicted molar refractivity (Wildman–Crippen MR) is 216 cm³/mol. The Morgan fingerprint density at radius 3 is 1.28 bits per heavy atom. The number of rotatable bonds is 22. The zero-order chi connectivity index (χ0) is 36.5. The van der Waals surface area contributed by atoms with Gasteiger partial charge in [0.1, 0.15) is 11.5 Å². The first kappa shape index (κ1) is 37.5. The number of carbonyl (C=O) groups is 2. The minimum Gasteiger partial charge on any atom is -0.494 e. The lowest BCUT2D eigenvalue weighted by atomic mass is 10.0. The molecule has 8 nitrogen and oxygen atoms in total. The number of anilines is 2. The number of thiophene rings is 2. The van der Waals surface area contributed by atoms with E-state index >= 15 is 0 Å². The molecule has 4 N–H and O–H groups in total. The van der Waals surface area contributed by atoms with Gasteiger partial charge in [0.25, 0.3) is 0 Å². The second-order valence-corrected chi connectivity index (χ2v) is 14.4. The number of hydrogen-bond donors (Lipinski definition) is 4. The molecule has 0 saturated carbocycles. The number of unbranched alkanes of at least 4 members (excludes halogenated alkanes) is 2. The molecule has 2 atom stereocenters. The molecule has 0 spiro atoms. The molecule has 6 aromatic rings. The Bertz CT molecular complexity index is 1790. The number of hydrogen-bond acceptors (Lipinski definition) is 10. The zero-order valence-corrected chi connectivity index (χ0v) is 31.0. The van der Waals surface area contributed by atoms with Gasteiger partial charge in [-0.3, -0.25) is 9.59 Å². The average molecular weight is 745 g/mol. The minimum absolute atomic E-state index is 0.0609. The first-order chi connectivity index (χ1) is 26.1. The normalized spacial score (nSPS) is 12.1. The summed E-state index contributed by atoms with van der Waals surface area (Å²) in [5.41, 5.74) is 16.3. The molecule has 53 heavy (non-hydrogen) atoms. The van der Waals surface area contributed by atoms with Crippen molar-refractivity contribution in [1.82, 2.24) is 10.9 Å². The monoisotopic (exact) mass is 744 g/mol. The second kappa shape index (κ2) is 20.1. The first-order valence-corrected chi connectivity index (χ1v) is 19.6. The van der Waals surface area contributed by atoms with E-state index in [1.54, 1.807) is 22.7 Å². The van der Waals surface area contributed by atoms with Crippen molar-refractivity contribution < 1.29 is 19.1 Å². The Balaban J connectivity index is 0.871. The molecule has 0 amide bonds. The molecule has 0 aliphatic carbocycles. The van der Waals surface area contributed by atoms with Gasteiger partial charge in [-0.1, -0.05) is 48.5 Å². The lowest BCUT2D eigenvalue weighted by Crippen LogP contribution is -2.28. The van der Waals surface area contributed by atoms with Crippen LogP contribution in [0.25, 0.3) is 0 Å². The zero-order valence-electron chi connectivity index (χ0n) is 29.4. The largest absolute Gasteiger partial charge is 0.494 e. The maximum Gasteiger partial charge on any atom is 0.164 e. The summed E-state index contributed by atoms with van der Waals surface area (Å²) in [6, 6.07) is 42.3. The number of ether oxygens (including phenoxy) is 2. The molecule has 6 rings (SSSR count). The Labute approximate surface area is 319 Å². The van der Waals surface area contributed by atoms with E-state index in [0.29, 0.717) is 37.2 Å². The standard InChI is InChI=1S/C43H44N4O4S2/c48-40(30-38(42-16-10-28-52-42)46-44-34-12-4-1-5-13-34)32-18-22-36(23-19-32)50-26-8-3-9-27-51-37-24-20-33(21-25-37)41(49)31-39(43-17-11-29-53-43)47-45-35-14-6-2-7-15-35/h1-2,4-7,10-25,28-29,38-39,44-47H,3,8-9,26-27,30-31H2. The third-order valence-corrected chi connectivity index (χ3v) is 10.5. The van der Waals surface area contributed by atoms with E-state index in [9.17, 15) is 9.59 Å². The molecule has 0 fully saturated rings. The lowest BCUT2D eigenvalue weighted by molar-refractivity contribution is 0.0962. The predicted octanol–water partition coefficient (Wildman–Crippen LogP) is 10.3. The SMILES string of the molecule is O=C(CC(NNc1ccccc1)c1cccs1)c1ccc(OCCCCCOc2ccc(C(=O)CC(NNc3ccccc3)c3cccs3)cc2)cc1. The number of Topliss-reactive ketones (excluding diaryl/α,β-unsaturated/α-hetero) is 2. The average Bonchev–Trinajstić information content (AvgIpc) is 3.95. The summed E-state index contributed by atoms with van der Waals surface area (Å²) in [6.45, 7) is 1.17. The van der Waals surface area contributed by atoms with E-state index in [-0.39, 0.29) is 23.7 Å². The maximum absolute atomic E-state index is 13.2. The fraction of sp³-hybridized carbons (Fsp3) is 0.209. The van der Waals surface area contributed by atoms with Gasteiger partial charge in [-0.15, -0.1) is 22.7 Å². The molecule has 2 heterocycles. The molecule has 2 unspecified atom stereocenters. The van der Waals surface area contributed by atoms with Crippen LogP contribution in [0, 0.1) is 0 Å². The highest BCUT2D eigenvalue weighted by Gasteiger charge is 2.20. The van der Waals surface area contributed by atoms with Gasteiger partial charge < -0.3 is 20.3 Å². The van der Waals surface area contributed by atoms with Crippen LogP contribution in [-0.4, -0.2) is 24.8 Å². The summed E-state index contributed by atoms with van der Waals surface area (Å²) in [4.78, 5) is 28.6. The first-order valence-electron chi connectivity index (χ1n) is 17.8. The molecule has 0 radical (unpaired) electrons. The van der Waals surface area contributed by atoms with Crippen LogP contribution in [0.3, 0.4) is 0 Å². The summed E-state index contributed by atoms with van der Waals surface area (Å²) >= 11 is 3.25. The van der Waals surface area contributed by atoms with Crippen molar-refractivity contribution in [2.75, 3.05) is 24.1 Å². The number of benzene rings is 4. The summed E-state index contributed by atoms with van der Waals surface area (Å²) in [5.74, 6) is 1.61. The Kier molecular flexibility index (Phi) is 14.2. The van der Waals surface area contributed by atoms with E-state index in [1.165, 1.54) is 0 Å². The number of carbonyl (C=O) groups excluding carboxylic acids is 2. The van der Waals surface area contributed by atoms with Crippen LogP contribution in [0.15, 0.2) is 144 Å². The van der Waals surface area contributed by atoms with E-state index in [0.717, 1.165) is 51.9 Å². The number of nitrogens with one attached hydrogen (secondary N) is 4. The van der Waals surface area contributed by atoms with Gasteiger partial charge in [-0.2, -0.15) is 0 Å². The van der Waals surface area contributed by atoms with Crippen molar-refractivity contribution in [1.29, 1.82) is 0 Å². The van der Waals surface area contributed by atoms with Crippen molar-refractivity contribution in [2.45, 2.75) is 44.2 Å². The van der Waals surface area contributed by atoms with Crippen LogP contribution < -0.4 is 31.2 Å². The van der Waals surface area contributed by atoms with E-state index < -0.39 is 0 Å². The third-order valence-electron chi connectivity index (χ3n) is 8.56. The molecular formula is C43H44N4O4S2. The molecule has 0 saturated heterocycles. The number of para-hydroxylation sites is 2. The molecule has 0 bridgehead atoms. The third kappa shape index (κ3) is 11.9. The highest BCUT2D eigenvalue weighted by molar-refractivity contribution is 7.10. The van der Waals surface area contributed by atoms with Gasteiger partial charge in [-0.05, 0) is 115 Å². The molecule has 10 heteroatoms. The Hall–Kier alpha value is -5.26. The number of ketones is 2. The highest BCUT2D eigenvalue weighted by atomic mass is 32.1. The van der Waals surface area contributed by atoms with Crippen LogP contribution in [-0.2, 0) is 0 Å². The summed E-state index contributed by atoms with van der Waals surface area (Å²) < 4.78 is 11.9. The lowest BCUT2D eigenvalue weighted by Gasteiger charge is -2.18. The quantitative estimate of drug-likeness (QED) is 0.0310. The Morgan fingerprint density at radius 1 is 0.491 bits per heavy atom. The van der Waals surface area contributed by atoms with Crippen molar-refractivity contribution in [3.63, 3.8) is 0 Å². The molecule has 272 valence electrons. The van der Waals surface area contributed by atoms with Gasteiger partial charge >= 0.3 is 0 Å². The van der Waals surface area contributed by atoms with Crippen molar-refractivity contribution >= 4 is 45.6 Å². The summed E-state index contributed by atoms with van der Waals surface area (Å²) in [5, 5.41) is 4.04. The number of hydrazine groups is 2. The Morgan fingerprint density at radius 2 is 0.906 bits per heavy atom. The molecule has 0 aliphatic heterocycles. The van der Waals surface area contributed by atoms with Gasteiger partial charge in [0, 0.05) is 45.1 Å². The molecule has 0 aliphatic rings. The van der Waals surface area contributed by atoms with Crippen molar-refractivity contribution in [3.8, 4) is 11.5 Å². The fourth-order valence-corrected chi connectivity index (χ4v) is 7.21. The second-order valence-electron chi connectivity index (χ2n) is 12.5. The highest BCUT2D eigenvalue weighted by Crippen LogP contribution is 2.26. The van der Waals surface area contributed by atoms with Crippen LogP contribution >= 0.6 is 22.7 Å². The van der Waals surface area contributed by atoms with E-state index in [1.807, 2.05) is 144 Å². The molecular weight excluding hydrogens is 701 g/mol. The van der Waals surface area contributed by atoms with Crippen molar-refractivity contribution in [2.24, 2.45) is 0 Å². The van der Waals surface area contributed by atoms with Gasteiger partial charge in [0.05, 0.1) is 25.3 Å². The van der Waals surface area contributed by atoms with Crippen LogP contribution in [0.2, 0.25) is 0 Å². The van der Waals surface area contributed by atoms with Crippen LogP contribution in [0.4, 0.5) is 11.4 Å². The summed E-state index contributed by atoms with van der Waals surface area (Å²) in [7, 11) is 0. The van der Waals surface area contributed by atoms with Crippen molar-refractivity contribution in [3.05, 3.63) is 165 Å². The van der Waals surface area contributed by atoms with E-state index in [2.05, 4.69) is 21.7 Å². The van der Waals surface area contributed by atoms with Gasteiger partial charge in [-0.25, -0.2) is 10.9 Å². The van der Waals surface area contributed by atoms with E-state index in [4.69, 9.17) is 9.47 Å². The maximum atomic E-state index is 13.2. The van der Waals surface area contributed by atoms with Gasteiger partial charge in [0.2, 0.25) is 0 Å². The fourth-order valence-electron chi connectivity index (χ4n) is 5.65. The minimum atomic E-state index is -0.155. The summed E-state index contributed by atoms with van der Waals surface area (Å²) in [6.07, 6.45) is 3.38. The van der Waals surface area contributed by atoms with Gasteiger partial charge in [0.15, 0.2) is 11.6 Å². The molecule has 4 aromatic carbocycles. The molecule has 2 aromatic heterocycles.